The Morgan fingerprint density at radius 1 is 1.14 bits per heavy atom. The summed E-state index contributed by atoms with van der Waals surface area (Å²) >= 11 is 4.76. The molecular formula is C19H14BrN5O2S. The van der Waals surface area contributed by atoms with Crippen LogP contribution in [0.4, 0.5) is 10.8 Å². The Balaban J connectivity index is 1.53. The summed E-state index contributed by atoms with van der Waals surface area (Å²) in [5.74, 6) is -0.151. The number of thiazole rings is 1. The molecule has 0 fully saturated rings. The standard InChI is InChI=1S/C19H14BrN5O2S/c1-11-17(23-22-14-6-8-15(26)9-7-14)18(27)25(24-11)19-21-16(10-28-19)12-2-4-13(20)5-3-12/h2-10,17,26H,1H3. The number of hydrogen-bond donors (Lipinski definition) is 1. The minimum absolute atomic E-state index is 0.144. The van der Waals surface area contributed by atoms with Gasteiger partial charge in [-0.2, -0.15) is 20.3 Å². The molecule has 4 rings (SSSR count). The molecule has 28 heavy (non-hydrogen) atoms. The van der Waals surface area contributed by atoms with Crippen LogP contribution in [0.2, 0.25) is 0 Å². The lowest BCUT2D eigenvalue weighted by Gasteiger charge is -2.08. The molecule has 1 aliphatic rings. The van der Waals surface area contributed by atoms with Crippen LogP contribution >= 0.6 is 27.3 Å². The van der Waals surface area contributed by atoms with E-state index in [1.807, 2.05) is 29.6 Å². The minimum Gasteiger partial charge on any atom is -0.508 e. The maximum absolute atomic E-state index is 12.8. The van der Waals surface area contributed by atoms with Crippen LogP contribution in [-0.4, -0.2) is 27.8 Å². The number of aromatic nitrogens is 1. The van der Waals surface area contributed by atoms with Gasteiger partial charge in [-0.3, -0.25) is 4.79 Å². The lowest BCUT2D eigenvalue weighted by atomic mass is 10.2. The average molecular weight is 456 g/mol. The summed E-state index contributed by atoms with van der Waals surface area (Å²) in [6.45, 7) is 1.74. The first-order valence-corrected chi connectivity index (χ1v) is 9.99. The summed E-state index contributed by atoms with van der Waals surface area (Å²) in [6, 6.07) is 13.3. The third-order valence-electron chi connectivity index (χ3n) is 4.05. The molecule has 0 bridgehead atoms. The van der Waals surface area contributed by atoms with Crippen LogP contribution in [0.25, 0.3) is 11.3 Å². The summed E-state index contributed by atoms with van der Waals surface area (Å²) in [5.41, 5.74) is 2.83. The molecular weight excluding hydrogens is 442 g/mol. The number of anilines is 1. The highest BCUT2D eigenvalue weighted by Crippen LogP contribution is 2.31. The van der Waals surface area contributed by atoms with Crippen LogP contribution in [0, 0.1) is 0 Å². The number of aromatic hydroxyl groups is 1. The number of carbonyl (C=O) groups excluding carboxylic acids is 1. The average Bonchev–Trinajstić information content (AvgIpc) is 3.27. The number of amides is 1. The van der Waals surface area contributed by atoms with Crippen molar-refractivity contribution in [2.75, 3.05) is 5.01 Å². The number of azo groups is 1. The Morgan fingerprint density at radius 2 is 1.86 bits per heavy atom. The summed E-state index contributed by atoms with van der Waals surface area (Å²) in [4.78, 5) is 17.3. The fraction of sp³-hybridized carbons (Fsp3) is 0.105. The highest BCUT2D eigenvalue weighted by molar-refractivity contribution is 9.10. The molecule has 2 heterocycles. The Bertz CT molecular complexity index is 1080. The number of benzene rings is 2. The van der Waals surface area contributed by atoms with E-state index in [2.05, 4.69) is 36.2 Å². The number of carbonyl (C=O) groups is 1. The highest BCUT2D eigenvalue weighted by atomic mass is 79.9. The Hall–Kier alpha value is -2.91. The van der Waals surface area contributed by atoms with Gasteiger partial charge in [0.05, 0.1) is 17.1 Å². The van der Waals surface area contributed by atoms with Gasteiger partial charge in [-0.1, -0.05) is 28.1 Å². The predicted octanol–water partition coefficient (Wildman–Crippen LogP) is 5.15. The number of phenolic OH excluding ortho intramolecular Hbond substituents is 1. The molecule has 140 valence electrons. The van der Waals surface area contributed by atoms with Crippen molar-refractivity contribution in [1.82, 2.24) is 4.98 Å². The molecule has 1 aromatic heterocycles. The summed E-state index contributed by atoms with van der Waals surface area (Å²) in [5, 5.41) is 25.5. The number of halogens is 1. The third kappa shape index (κ3) is 3.71. The van der Waals surface area contributed by atoms with Gasteiger partial charge in [0, 0.05) is 15.4 Å². The molecule has 1 atom stereocenters. The number of phenols is 1. The largest absolute Gasteiger partial charge is 0.508 e. The van der Waals surface area contributed by atoms with Crippen LogP contribution in [0.5, 0.6) is 5.75 Å². The van der Waals surface area contributed by atoms with E-state index in [0.29, 0.717) is 16.5 Å². The van der Waals surface area contributed by atoms with Gasteiger partial charge in [-0.05, 0) is 43.3 Å². The van der Waals surface area contributed by atoms with E-state index in [4.69, 9.17) is 0 Å². The molecule has 0 aliphatic carbocycles. The summed E-state index contributed by atoms with van der Waals surface area (Å²) in [7, 11) is 0. The lowest BCUT2D eigenvalue weighted by molar-refractivity contribution is -0.117. The molecule has 9 heteroatoms. The van der Waals surface area contributed by atoms with Crippen molar-refractivity contribution >= 4 is 49.7 Å². The van der Waals surface area contributed by atoms with E-state index in [0.717, 1.165) is 15.7 Å². The second-order valence-corrected chi connectivity index (χ2v) is 7.80. The monoisotopic (exact) mass is 455 g/mol. The number of hydrogen-bond acceptors (Lipinski definition) is 7. The normalized spacial score (nSPS) is 16.8. The maximum atomic E-state index is 12.8. The van der Waals surface area contributed by atoms with Gasteiger partial charge < -0.3 is 5.11 Å². The van der Waals surface area contributed by atoms with Crippen LogP contribution in [0.1, 0.15) is 6.92 Å². The predicted molar refractivity (Wildman–Crippen MR) is 112 cm³/mol. The Morgan fingerprint density at radius 3 is 2.57 bits per heavy atom. The zero-order valence-corrected chi connectivity index (χ0v) is 17.1. The molecule has 2 aromatic carbocycles. The second-order valence-electron chi connectivity index (χ2n) is 6.05. The van der Waals surface area contributed by atoms with Crippen LogP contribution in [0.3, 0.4) is 0 Å². The topological polar surface area (TPSA) is 90.5 Å². The SMILES string of the molecule is CC1=NN(c2nc(-c3ccc(Br)cc3)cs2)C(=O)C1N=Nc1ccc(O)cc1. The molecule has 0 saturated carbocycles. The first kappa shape index (κ1) is 18.5. The summed E-state index contributed by atoms with van der Waals surface area (Å²) in [6.07, 6.45) is 0. The Labute approximate surface area is 173 Å². The third-order valence-corrected chi connectivity index (χ3v) is 5.39. The molecule has 1 unspecified atom stereocenters. The first-order valence-electron chi connectivity index (χ1n) is 8.32. The van der Waals surface area contributed by atoms with Crippen molar-refractivity contribution in [2.24, 2.45) is 15.3 Å². The van der Waals surface area contributed by atoms with Gasteiger partial charge >= 0.3 is 0 Å². The molecule has 1 aliphatic heterocycles. The quantitative estimate of drug-likeness (QED) is 0.551. The van der Waals surface area contributed by atoms with E-state index in [9.17, 15) is 9.90 Å². The zero-order chi connectivity index (χ0) is 19.7. The van der Waals surface area contributed by atoms with Gasteiger partial charge in [-0.15, -0.1) is 11.3 Å². The van der Waals surface area contributed by atoms with Crippen molar-refractivity contribution in [2.45, 2.75) is 13.0 Å². The number of rotatable bonds is 4. The van der Waals surface area contributed by atoms with Gasteiger partial charge in [0.1, 0.15) is 5.75 Å². The Kier molecular flexibility index (Phi) is 5.01. The highest BCUT2D eigenvalue weighted by Gasteiger charge is 2.36. The number of nitrogens with zero attached hydrogens (tertiary/aromatic N) is 5. The molecule has 3 aromatic rings. The van der Waals surface area contributed by atoms with Gasteiger partial charge in [-0.25, -0.2) is 4.98 Å². The molecule has 7 nitrogen and oxygen atoms in total. The first-order chi connectivity index (χ1) is 13.5. The van der Waals surface area contributed by atoms with Crippen LogP contribution in [0.15, 0.2) is 73.7 Å². The van der Waals surface area contributed by atoms with E-state index in [-0.39, 0.29) is 11.7 Å². The van der Waals surface area contributed by atoms with E-state index in [1.54, 1.807) is 19.1 Å². The van der Waals surface area contributed by atoms with Gasteiger partial charge in [0.25, 0.3) is 5.91 Å². The zero-order valence-electron chi connectivity index (χ0n) is 14.7. The summed E-state index contributed by atoms with van der Waals surface area (Å²) < 4.78 is 0.989. The van der Waals surface area contributed by atoms with Gasteiger partial charge in [0.15, 0.2) is 6.04 Å². The van der Waals surface area contributed by atoms with E-state index in [1.165, 1.54) is 28.5 Å². The van der Waals surface area contributed by atoms with Crippen molar-refractivity contribution in [3.8, 4) is 17.0 Å². The fourth-order valence-electron chi connectivity index (χ4n) is 2.58. The molecule has 1 amide bonds. The van der Waals surface area contributed by atoms with Crippen LogP contribution in [-0.2, 0) is 4.79 Å². The maximum Gasteiger partial charge on any atom is 0.282 e. The fourth-order valence-corrected chi connectivity index (χ4v) is 3.64. The van der Waals surface area contributed by atoms with Crippen molar-refractivity contribution in [1.29, 1.82) is 0 Å². The second kappa shape index (κ2) is 7.61. The van der Waals surface area contributed by atoms with Crippen molar-refractivity contribution in [3.63, 3.8) is 0 Å². The number of hydrazone groups is 1. The smallest absolute Gasteiger partial charge is 0.282 e. The molecule has 1 N–H and O–H groups in total. The minimum atomic E-state index is -0.783. The molecule has 0 radical (unpaired) electrons. The molecule has 0 spiro atoms. The van der Waals surface area contributed by atoms with Gasteiger partial charge in [0.2, 0.25) is 5.13 Å². The van der Waals surface area contributed by atoms with Crippen molar-refractivity contribution < 1.29 is 9.90 Å². The molecule has 0 saturated heterocycles. The van der Waals surface area contributed by atoms with E-state index >= 15 is 0 Å². The van der Waals surface area contributed by atoms with E-state index < -0.39 is 6.04 Å². The van der Waals surface area contributed by atoms with Crippen molar-refractivity contribution in [3.05, 3.63) is 58.4 Å². The lowest BCUT2D eigenvalue weighted by Crippen LogP contribution is -2.29. The van der Waals surface area contributed by atoms with Crippen LogP contribution < -0.4 is 5.01 Å².